The second-order valence-electron chi connectivity index (χ2n) is 3.71. The van der Waals surface area contributed by atoms with Crippen LogP contribution in [0, 0.1) is 11.6 Å². The number of hydrogen-bond acceptors (Lipinski definition) is 1. The summed E-state index contributed by atoms with van der Waals surface area (Å²) in [6, 6.07) is 6.24. The highest BCUT2D eigenvalue weighted by molar-refractivity contribution is 9.10. The van der Waals surface area contributed by atoms with Gasteiger partial charge < -0.3 is 9.88 Å². The number of hydrogen-bond donors (Lipinski definition) is 1. The Morgan fingerprint density at radius 3 is 2.47 bits per heavy atom. The first-order valence-corrected chi connectivity index (χ1v) is 5.86. The number of aryl methyl sites for hydroxylation is 1. The summed E-state index contributed by atoms with van der Waals surface area (Å²) in [4.78, 5) is 0. The predicted octanol–water partition coefficient (Wildman–Crippen LogP) is 3.68. The first-order chi connectivity index (χ1) is 8.08. The van der Waals surface area contributed by atoms with Gasteiger partial charge in [0.25, 0.3) is 0 Å². The van der Waals surface area contributed by atoms with Crippen LogP contribution in [0.4, 0.5) is 14.5 Å². The number of anilines is 1. The molecule has 0 spiro atoms. The van der Waals surface area contributed by atoms with E-state index in [1.807, 2.05) is 29.9 Å². The van der Waals surface area contributed by atoms with Crippen LogP contribution in [0.5, 0.6) is 0 Å². The molecule has 2 rings (SSSR count). The molecular weight excluding hydrogens is 290 g/mol. The van der Waals surface area contributed by atoms with Gasteiger partial charge in [-0.3, -0.25) is 0 Å². The average molecular weight is 301 g/mol. The summed E-state index contributed by atoms with van der Waals surface area (Å²) in [5.74, 6) is -1.21. The van der Waals surface area contributed by atoms with Crippen molar-refractivity contribution in [2.45, 2.75) is 6.54 Å². The molecule has 2 aromatic rings. The van der Waals surface area contributed by atoms with Crippen molar-refractivity contribution in [1.82, 2.24) is 4.57 Å². The van der Waals surface area contributed by atoms with E-state index in [1.54, 1.807) is 0 Å². The van der Waals surface area contributed by atoms with Crippen molar-refractivity contribution in [3.63, 3.8) is 0 Å². The molecule has 0 fully saturated rings. The molecule has 1 aromatic heterocycles. The second-order valence-corrected chi connectivity index (χ2v) is 4.62. The summed E-state index contributed by atoms with van der Waals surface area (Å²) in [6.45, 7) is 0.374. The maximum atomic E-state index is 13.5. The lowest BCUT2D eigenvalue weighted by atomic mass is 10.3. The normalized spacial score (nSPS) is 10.6. The van der Waals surface area contributed by atoms with Gasteiger partial charge in [0.15, 0.2) is 0 Å². The second kappa shape index (κ2) is 4.87. The number of nitrogens with one attached hydrogen (secondary N) is 1. The topological polar surface area (TPSA) is 17.0 Å². The van der Waals surface area contributed by atoms with Crippen LogP contribution in [0.2, 0.25) is 0 Å². The van der Waals surface area contributed by atoms with Crippen molar-refractivity contribution in [3.8, 4) is 0 Å². The van der Waals surface area contributed by atoms with Crippen molar-refractivity contribution in [2.24, 2.45) is 7.05 Å². The molecule has 17 heavy (non-hydrogen) atoms. The van der Waals surface area contributed by atoms with E-state index in [-0.39, 0.29) is 5.69 Å². The van der Waals surface area contributed by atoms with Crippen molar-refractivity contribution in [2.75, 3.05) is 5.32 Å². The van der Waals surface area contributed by atoms with Gasteiger partial charge >= 0.3 is 0 Å². The largest absolute Gasteiger partial charge is 0.375 e. The third kappa shape index (κ3) is 2.66. The summed E-state index contributed by atoms with van der Waals surface area (Å²) in [7, 11) is 1.88. The fraction of sp³-hybridized carbons (Fsp3) is 0.167. The highest BCUT2D eigenvalue weighted by Crippen LogP contribution is 2.24. The molecule has 2 nitrogen and oxygen atoms in total. The molecule has 0 radical (unpaired) electrons. The van der Waals surface area contributed by atoms with E-state index in [1.165, 1.54) is 12.1 Å². The van der Waals surface area contributed by atoms with E-state index in [2.05, 4.69) is 21.2 Å². The van der Waals surface area contributed by atoms with Crippen LogP contribution in [0.15, 0.2) is 34.9 Å². The monoisotopic (exact) mass is 300 g/mol. The minimum Gasteiger partial charge on any atom is -0.375 e. The van der Waals surface area contributed by atoms with Crippen molar-refractivity contribution in [1.29, 1.82) is 0 Å². The quantitative estimate of drug-likeness (QED) is 0.915. The lowest BCUT2D eigenvalue weighted by Gasteiger charge is -2.10. The van der Waals surface area contributed by atoms with Gasteiger partial charge in [-0.15, -0.1) is 0 Å². The molecule has 1 heterocycles. The highest BCUT2D eigenvalue weighted by atomic mass is 79.9. The Balaban J connectivity index is 2.17. The minimum absolute atomic E-state index is 0.102. The Morgan fingerprint density at radius 2 is 1.94 bits per heavy atom. The third-order valence-electron chi connectivity index (χ3n) is 2.50. The SMILES string of the molecule is Cn1cccc1CNc1c(F)cc(Br)cc1F. The molecule has 0 aliphatic rings. The Hall–Kier alpha value is -1.36. The molecule has 0 amide bonds. The Morgan fingerprint density at radius 1 is 1.29 bits per heavy atom. The Kier molecular flexibility index (Phi) is 3.47. The number of rotatable bonds is 3. The van der Waals surface area contributed by atoms with Crippen LogP contribution in [-0.2, 0) is 13.6 Å². The van der Waals surface area contributed by atoms with Gasteiger partial charge in [0.2, 0.25) is 0 Å². The van der Waals surface area contributed by atoms with Gasteiger partial charge in [-0.25, -0.2) is 8.78 Å². The smallest absolute Gasteiger partial charge is 0.150 e. The van der Waals surface area contributed by atoms with Crippen LogP contribution in [0.3, 0.4) is 0 Å². The van der Waals surface area contributed by atoms with Crippen LogP contribution >= 0.6 is 15.9 Å². The van der Waals surface area contributed by atoms with E-state index in [0.29, 0.717) is 11.0 Å². The molecule has 1 N–H and O–H groups in total. The Bertz CT molecular complexity index is 514. The molecule has 0 saturated carbocycles. The number of nitrogens with zero attached hydrogens (tertiary/aromatic N) is 1. The molecule has 0 unspecified atom stereocenters. The fourth-order valence-electron chi connectivity index (χ4n) is 1.57. The van der Waals surface area contributed by atoms with Gasteiger partial charge in [0.05, 0.1) is 6.54 Å². The Labute approximate surface area is 106 Å². The van der Waals surface area contributed by atoms with Gasteiger partial charge in [-0.2, -0.15) is 0 Å². The summed E-state index contributed by atoms with van der Waals surface area (Å²) >= 11 is 3.04. The summed E-state index contributed by atoms with van der Waals surface area (Å²) in [5.41, 5.74) is 0.848. The molecule has 0 aliphatic carbocycles. The molecule has 1 aromatic carbocycles. The van der Waals surface area contributed by atoms with E-state index in [9.17, 15) is 8.78 Å². The first-order valence-electron chi connectivity index (χ1n) is 5.06. The van der Waals surface area contributed by atoms with Crippen LogP contribution in [-0.4, -0.2) is 4.57 Å². The maximum absolute atomic E-state index is 13.5. The standard InChI is InChI=1S/C12H11BrF2N2/c1-17-4-2-3-9(17)7-16-12-10(14)5-8(13)6-11(12)15/h2-6,16H,7H2,1H3. The molecule has 0 atom stereocenters. The van der Waals surface area contributed by atoms with E-state index < -0.39 is 11.6 Å². The zero-order valence-electron chi connectivity index (χ0n) is 9.17. The number of aromatic nitrogens is 1. The van der Waals surface area contributed by atoms with Gasteiger partial charge in [0.1, 0.15) is 17.3 Å². The van der Waals surface area contributed by atoms with Crippen molar-refractivity contribution in [3.05, 3.63) is 52.3 Å². The van der Waals surface area contributed by atoms with Crippen LogP contribution < -0.4 is 5.32 Å². The highest BCUT2D eigenvalue weighted by Gasteiger charge is 2.10. The average Bonchev–Trinajstić information content (AvgIpc) is 2.62. The number of halogens is 3. The molecule has 0 saturated heterocycles. The van der Waals surface area contributed by atoms with Gasteiger partial charge in [-0.05, 0) is 24.3 Å². The predicted molar refractivity (Wildman–Crippen MR) is 66.8 cm³/mol. The summed E-state index contributed by atoms with van der Waals surface area (Å²) in [5, 5.41) is 2.76. The maximum Gasteiger partial charge on any atom is 0.150 e. The van der Waals surface area contributed by atoms with E-state index in [4.69, 9.17) is 0 Å². The lowest BCUT2D eigenvalue weighted by molar-refractivity contribution is 0.586. The zero-order valence-corrected chi connectivity index (χ0v) is 10.8. The fourth-order valence-corrected chi connectivity index (χ4v) is 1.97. The molecule has 5 heteroatoms. The lowest BCUT2D eigenvalue weighted by Crippen LogP contribution is -2.07. The molecule has 0 bridgehead atoms. The van der Waals surface area contributed by atoms with Gasteiger partial charge in [-0.1, -0.05) is 15.9 Å². The third-order valence-corrected chi connectivity index (χ3v) is 2.96. The van der Waals surface area contributed by atoms with E-state index in [0.717, 1.165) is 5.69 Å². The first kappa shape index (κ1) is 12.1. The van der Waals surface area contributed by atoms with Crippen molar-refractivity contribution < 1.29 is 8.78 Å². The van der Waals surface area contributed by atoms with Gasteiger partial charge in [0, 0.05) is 23.4 Å². The molecule has 0 aliphatic heterocycles. The summed E-state index contributed by atoms with van der Waals surface area (Å²) < 4.78 is 29.3. The molecular formula is C12H11BrF2N2. The van der Waals surface area contributed by atoms with Crippen molar-refractivity contribution >= 4 is 21.6 Å². The summed E-state index contributed by atoms with van der Waals surface area (Å²) in [6.07, 6.45) is 1.88. The molecule has 90 valence electrons. The number of benzene rings is 1. The minimum atomic E-state index is -0.605. The van der Waals surface area contributed by atoms with E-state index >= 15 is 0 Å². The van der Waals surface area contributed by atoms with Crippen LogP contribution in [0.1, 0.15) is 5.69 Å². The van der Waals surface area contributed by atoms with Crippen LogP contribution in [0.25, 0.3) is 0 Å². The zero-order chi connectivity index (χ0) is 12.4.